The minimum absolute atomic E-state index is 0.121. The average Bonchev–Trinajstić information content (AvgIpc) is 2.35. The molecular formula is C11H9NO6. The zero-order valence-electron chi connectivity index (χ0n) is 9.32. The molecule has 0 saturated carbocycles. The summed E-state index contributed by atoms with van der Waals surface area (Å²) in [6.07, 6.45) is 2.21. The fourth-order valence-electron chi connectivity index (χ4n) is 1.20. The van der Waals surface area contributed by atoms with Gasteiger partial charge in [-0.2, -0.15) is 0 Å². The van der Waals surface area contributed by atoms with E-state index in [0.717, 1.165) is 12.1 Å². The van der Waals surface area contributed by atoms with Gasteiger partial charge < -0.3 is 9.84 Å². The minimum atomic E-state index is -1.26. The van der Waals surface area contributed by atoms with E-state index in [0.29, 0.717) is 0 Å². The number of benzene rings is 1. The average molecular weight is 251 g/mol. The number of carbonyl (C=O) groups is 2. The quantitative estimate of drug-likeness (QED) is 0.376. The molecule has 18 heavy (non-hydrogen) atoms. The fraction of sp³-hybridized carbons (Fsp3) is 0.0909. The molecule has 1 N–H and O–H groups in total. The highest BCUT2D eigenvalue weighted by atomic mass is 16.6. The van der Waals surface area contributed by atoms with Crippen LogP contribution >= 0.6 is 0 Å². The molecule has 0 bridgehead atoms. The van der Waals surface area contributed by atoms with Crippen LogP contribution in [0.15, 0.2) is 24.3 Å². The molecular weight excluding hydrogens is 242 g/mol. The van der Waals surface area contributed by atoms with Crippen LogP contribution in [0.1, 0.15) is 15.9 Å². The molecule has 0 saturated heterocycles. The topological polar surface area (TPSA) is 107 Å². The Hall–Kier alpha value is -2.70. The van der Waals surface area contributed by atoms with Gasteiger partial charge in [0.1, 0.15) is 0 Å². The molecule has 7 heteroatoms. The molecule has 0 spiro atoms. The second-order valence-corrected chi connectivity index (χ2v) is 3.19. The third-order valence-corrected chi connectivity index (χ3v) is 2.07. The van der Waals surface area contributed by atoms with Gasteiger partial charge in [0, 0.05) is 12.1 Å². The molecule has 7 nitrogen and oxygen atoms in total. The standard InChI is InChI=1S/C11H9NO6/c1-18-10(13)5-4-7-2-3-8(11(14)15)6-9(7)12(16)17/h2-6H,1H3,(H,14,15). The van der Waals surface area contributed by atoms with Gasteiger partial charge in [0.15, 0.2) is 0 Å². The van der Waals surface area contributed by atoms with E-state index in [2.05, 4.69) is 4.74 Å². The Labute approximate surface area is 101 Å². The summed E-state index contributed by atoms with van der Waals surface area (Å²) in [4.78, 5) is 31.6. The summed E-state index contributed by atoms with van der Waals surface area (Å²) in [6, 6.07) is 3.40. The van der Waals surface area contributed by atoms with E-state index in [9.17, 15) is 19.7 Å². The number of aromatic carboxylic acids is 1. The number of rotatable bonds is 4. The third kappa shape index (κ3) is 3.14. The van der Waals surface area contributed by atoms with Gasteiger partial charge in [0.2, 0.25) is 0 Å². The first kappa shape index (κ1) is 13.4. The van der Waals surface area contributed by atoms with Crippen molar-refractivity contribution < 1.29 is 24.4 Å². The number of esters is 1. The highest BCUT2D eigenvalue weighted by Crippen LogP contribution is 2.21. The monoisotopic (exact) mass is 251 g/mol. The van der Waals surface area contributed by atoms with E-state index in [-0.39, 0.29) is 11.1 Å². The highest BCUT2D eigenvalue weighted by Gasteiger charge is 2.15. The Morgan fingerprint density at radius 1 is 1.44 bits per heavy atom. The van der Waals surface area contributed by atoms with E-state index < -0.39 is 22.5 Å². The second kappa shape index (κ2) is 5.58. The number of carboxylic acids is 1. The van der Waals surface area contributed by atoms with Gasteiger partial charge in [-0.3, -0.25) is 10.1 Å². The van der Waals surface area contributed by atoms with E-state index >= 15 is 0 Å². The molecule has 0 heterocycles. The number of methoxy groups -OCH3 is 1. The zero-order chi connectivity index (χ0) is 13.7. The predicted molar refractivity (Wildman–Crippen MR) is 61.1 cm³/mol. The maximum absolute atomic E-state index is 10.9. The number of ether oxygens (including phenoxy) is 1. The first-order chi connectivity index (χ1) is 8.45. The van der Waals surface area contributed by atoms with Crippen LogP contribution in [0.3, 0.4) is 0 Å². The number of nitro groups is 1. The van der Waals surface area contributed by atoms with Crippen molar-refractivity contribution in [1.29, 1.82) is 0 Å². The summed E-state index contributed by atoms with van der Waals surface area (Å²) in [5.74, 6) is -1.92. The Balaban J connectivity index is 3.20. The molecule has 0 aliphatic rings. The molecule has 0 aromatic heterocycles. The van der Waals surface area contributed by atoms with Crippen molar-refractivity contribution >= 4 is 23.7 Å². The van der Waals surface area contributed by atoms with Crippen molar-refractivity contribution in [2.75, 3.05) is 7.11 Å². The largest absolute Gasteiger partial charge is 0.478 e. The van der Waals surface area contributed by atoms with Gasteiger partial charge in [-0.25, -0.2) is 9.59 Å². The van der Waals surface area contributed by atoms with Crippen molar-refractivity contribution in [3.8, 4) is 0 Å². The summed E-state index contributed by atoms with van der Waals surface area (Å²) in [5.41, 5.74) is -0.470. The Kier molecular flexibility index (Phi) is 4.14. The predicted octanol–water partition coefficient (Wildman–Crippen LogP) is 1.48. The van der Waals surface area contributed by atoms with Crippen molar-refractivity contribution in [3.05, 3.63) is 45.5 Å². The molecule has 0 amide bonds. The molecule has 1 rings (SSSR count). The van der Waals surface area contributed by atoms with E-state index in [1.165, 1.54) is 25.3 Å². The highest BCUT2D eigenvalue weighted by molar-refractivity contribution is 5.91. The van der Waals surface area contributed by atoms with E-state index in [1.807, 2.05) is 0 Å². The molecule has 0 atom stereocenters. The van der Waals surface area contributed by atoms with Crippen molar-refractivity contribution in [2.24, 2.45) is 0 Å². The normalized spacial score (nSPS) is 10.3. The minimum Gasteiger partial charge on any atom is -0.478 e. The van der Waals surface area contributed by atoms with Gasteiger partial charge in [-0.15, -0.1) is 0 Å². The molecule has 0 fully saturated rings. The van der Waals surface area contributed by atoms with Crippen LogP contribution in [0.4, 0.5) is 5.69 Å². The maximum Gasteiger partial charge on any atom is 0.335 e. The molecule has 1 aromatic rings. The molecule has 0 radical (unpaired) electrons. The molecule has 0 aliphatic carbocycles. The Morgan fingerprint density at radius 2 is 2.11 bits per heavy atom. The molecule has 0 unspecified atom stereocenters. The molecule has 94 valence electrons. The van der Waals surface area contributed by atoms with Crippen molar-refractivity contribution in [2.45, 2.75) is 0 Å². The Bertz CT molecular complexity index is 534. The lowest BCUT2D eigenvalue weighted by molar-refractivity contribution is -0.385. The SMILES string of the molecule is COC(=O)C=Cc1ccc(C(=O)O)cc1[N+](=O)[O-]. The van der Waals surface area contributed by atoms with Crippen LogP contribution in [-0.2, 0) is 9.53 Å². The zero-order valence-corrected chi connectivity index (χ0v) is 9.32. The first-order valence-corrected chi connectivity index (χ1v) is 4.73. The lowest BCUT2D eigenvalue weighted by Gasteiger charge is -1.99. The second-order valence-electron chi connectivity index (χ2n) is 3.19. The van der Waals surface area contributed by atoms with Gasteiger partial charge in [-0.1, -0.05) is 0 Å². The van der Waals surface area contributed by atoms with Crippen LogP contribution < -0.4 is 0 Å². The number of hydrogen-bond acceptors (Lipinski definition) is 5. The lowest BCUT2D eigenvalue weighted by Crippen LogP contribution is -2.00. The number of carbonyl (C=O) groups excluding carboxylic acids is 1. The molecule has 1 aromatic carbocycles. The lowest BCUT2D eigenvalue weighted by atomic mass is 10.1. The van der Waals surface area contributed by atoms with Crippen LogP contribution in [0.5, 0.6) is 0 Å². The number of carboxylic acid groups (broad SMARTS) is 1. The van der Waals surface area contributed by atoms with Crippen LogP contribution in [0.2, 0.25) is 0 Å². The summed E-state index contributed by atoms with van der Waals surface area (Å²) in [7, 11) is 1.18. The number of nitro benzene ring substituents is 1. The third-order valence-electron chi connectivity index (χ3n) is 2.07. The summed E-state index contributed by atoms with van der Waals surface area (Å²) in [6.45, 7) is 0. The van der Waals surface area contributed by atoms with Crippen LogP contribution in [-0.4, -0.2) is 29.1 Å². The van der Waals surface area contributed by atoms with Crippen molar-refractivity contribution in [3.63, 3.8) is 0 Å². The van der Waals surface area contributed by atoms with Gasteiger partial charge >= 0.3 is 11.9 Å². The first-order valence-electron chi connectivity index (χ1n) is 4.73. The van der Waals surface area contributed by atoms with Gasteiger partial charge in [-0.05, 0) is 18.2 Å². The van der Waals surface area contributed by atoms with Gasteiger partial charge in [0.25, 0.3) is 5.69 Å². The van der Waals surface area contributed by atoms with E-state index in [4.69, 9.17) is 5.11 Å². The van der Waals surface area contributed by atoms with Crippen molar-refractivity contribution in [1.82, 2.24) is 0 Å². The van der Waals surface area contributed by atoms with Crippen LogP contribution in [0.25, 0.3) is 6.08 Å². The molecule has 0 aliphatic heterocycles. The van der Waals surface area contributed by atoms with E-state index in [1.54, 1.807) is 0 Å². The summed E-state index contributed by atoms with van der Waals surface area (Å²) in [5, 5.41) is 19.5. The fourth-order valence-corrected chi connectivity index (χ4v) is 1.20. The van der Waals surface area contributed by atoms with Crippen LogP contribution in [0, 0.1) is 10.1 Å². The summed E-state index contributed by atoms with van der Waals surface area (Å²) >= 11 is 0. The Morgan fingerprint density at radius 3 is 2.61 bits per heavy atom. The summed E-state index contributed by atoms with van der Waals surface area (Å²) < 4.78 is 4.34. The maximum atomic E-state index is 10.9. The smallest absolute Gasteiger partial charge is 0.335 e. The van der Waals surface area contributed by atoms with Gasteiger partial charge in [0.05, 0.1) is 23.2 Å². The number of hydrogen-bond donors (Lipinski definition) is 1. The number of nitrogens with zero attached hydrogens (tertiary/aromatic N) is 1.